The molecule has 0 unspecified atom stereocenters. The third-order valence-corrected chi connectivity index (χ3v) is 5.06. The van der Waals surface area contributed by atoms with Gasteiger partial charge in [-0.3, -0.25) is 14.9 Å². The van der Waals surface area contributed by atoms with E-state index in [1.807, 2.05) is 0 Å². The predicted octanol–water partition coefficient (Wildman–Crippen LogP) is 6.94. The zero-order valence-corrected chi connectivity index (χ0v) is 18.1. The Hall–Kier alpha value is -3.06. The first-order valence-electron chi connectivity index (χ1n) is 8.91. The summed E-state index contributed by atoms with van der Waals surface area (Å²) in [4.78, 5) is 22.8. The number of anilines is 1. The second kappa shape index (κ2) is 10.3. The molecule has 3 rings (SSSR count). The van der Waals surface area contributed by atoms with E-state index in [4.69, 9.17) is 39.5 Å². The van der Waals surface area contributed by atoms with Gasteiger partial charge in [0, 0.05) is 45.2 Å². The molecule has 9 heteroatoms. The molecule has 0 saturated heterocycles. The summed E-state index contributed by atoms with van der Waals surface area (Å²) in [5.74, 6) is 0.234. The molecule has 31 heavy (non-hydrogen) atoms. The number of hydrogen-bond acceptors (Lipinski definition) is 5. The predicted molar refractivity (Wildman–Crippen MR) is 122 cm³/mol. The number of nitrogens with zero attached hydrogens (tertiary/aromatic N) is 1. The lowest BCUT2D eigenvalue weighted by Gasteiger charge is -2.09. The molecule has 1 N–H and O–H groups in total. The van der Waals surface area contributed by atoms with Gasteiger partial charge in [-0.25, -0.2) is 0 Å². The Bertz CT molecular complexity index is 1170. The highest BCUT2D eigenvalue weighted by Gasteiger charge is 2.12. The van der Waals surface area contributed by atoms with Crippen molar-refractivity contribution in [1.82, 2.24) is 0 Å². The van der Waals surface area contributed by atoms with E-state index in [9.17, 15) is 14.9 Å². The van der Waals surface area contributed by atoms with Gasteiger partial charge < -0.3 is 10.1 Å². The molecule has 0 radical (unpaired) electrons. The van der Waals surface area contributed by atoms with Gasteiger partial charge in [0.2, 0.25) is 0 Å². The highest BCUT2D eigenvalue weighted by Crippen LogP contribution is 2.27. The number of nitro benzene ring substituents is 1. The first-order valence-corrected chi connectivity index (χ1v) is 10.0. The molecule has 0 amide bonds. The maximum absolute atomic E-state index is 12.4. The number of nitrogens with one attached hydrogen (secondary N) is 1. The van der Waals surface area contributed by atoms with Crippen LogP contribution in [0.1, 0.15) is 15.9 Å². The van der Waals surface area contributed by atoms with E-state index < -0.39 is 4.92 Å². The van der Waals surface area contributed by atoms with Crippen LogP contribution in [0, 0.1) is 10.1 Å². The number of nitro groups is 1. The van der Waals surface area contributed by atoms with Gasteiger partial charge in [-0.2, -0.15) is 0 Å². The van der Waals surface area contributed by atoms with Gasteiger partial charge in [0.05, 0.1) is 4.92 Å². The highest BCUT2D eigenvalue weighted by atomic mass is 35.5. The van der Waals surface area contributed by atoms with Crippen molar-refractivity contribution in [3.63, 3.8) is 0 Å². The van der Waals surface area contributed by atoms with Gasteiger partial charge >= 0.3 is 0 Å². The minimum Gasteiger partial charge on any atom is -0.489 e. The number of allylic oxidation sites excluding steroid dienone is 1. The molecule has 158 valence electrons. The molecule has 0 spiro atoms. The Morgan fingerprint density at radius 2 is 1.84 bits per heavy atom. The van der Waals surface area contributed by atoms with Gasteiger partial charge in [0.25, 0.3) is 5.69 Å². The van der Waals surface area contributed by atoms with E-state index in [0.29, 0.717) is 27.0 Å². The van der Waals surface area contributed by atoms with Crippen LogP contribution in [0.3, 0.4) is 0 Å². The van der Waals surface area contributed by atoms with Crippen molar-refractivity contribution in [3.8, 4) is 5.75 Å². The molecule has 3 aromatic carbocycles. The smallest absolute Gasteiger partial charge is 0.289 e. The molecule has 0 fully saturated rings. The summed E-state index contributed by atoms with van der Waals surface area (Å²) in [6.07, 6.45) is 2.71. The summed E-state index contributed by atoms with van der Waals surface area (Å²) in [7, 11) is 0. The van der Waals surface area contributed by atoms with Crippen LogP contribution in [0.25, 0.3) is 0 Å². The third-order valence-electron chi connectivity index (χ3n) is 4.16. The summed E-state index contributed by atoms with van der Waals surface area (Å²) in [6.45, 7) is 0.223. The quantitative estimate of drug-likeness (QED) is 0.164. The number of carbonyl (C=O) groups is 1. The van der Waals surface area contributed by atoms with Crippen LogP contribution in [-0.4, -0.2) is 10.7 Å². The number of rotatable bonds is 8. The first-order chi connectivity index (χ1) is 14.8. The van der Waals surface area contributed by atoms with Gasteiger partial charge in [-0.15, -0.1) is 0 Å². The fourth-order valence-corrected chi connectivity index (χ4v) is 3.24. The summed E-state index contributed by atoms with van der Waals surface area (Å²) >= 11 is 17.8. The second-order valence-electron chi connectivity index (χ2n) is 6.32. The Morgan fingerprint density at radius 1 is 1.03 bits per heavy atom. The molecule has 0 bridgehead atoms. The lowest BCUT2D eigenvalue weighted by Crippen LogP contribution is -2.00. The van der Waals surface area contributed by atoms with Crippen molar-refractivity contribution < 1.29 is 14.5 Å². The van der Waals surface area contributed by atoms with Crippen LogP contribution in [0.5, 0.6) is 5.75 Å². The van der Waals surface area contributed by atoms with Crippen molar-refractivity contribution in [3.05, 3.63) is 109 Å². The Kier molecular flexibility index (Phi) is 7.52. The van der Waals surface area contributed by atoms with E-state index in [1.165, 1.54) is 24.4 Å². The first kappa shape index (κ1) is 22.6. The Labute approximate surface area is 193 Å². The highest BCUT2D eigenvalue weighted by molar-refractivity contribution is 6.35. The molecule has 0 aliphatic heterocycles. The number of hydrogen-bond donors (Lipinski definition) is 1. The summed E-state index contributed by atoms with van der Waals surface area (Å²) in [5.41, 5.74) is 1.39. The molecule has 0 atom stereocenters. The van der Waals surface area contributed by atoms with Crippen LogP contribution in [0.15, 0.2) is 72.9 Å². The molecule has 0 aliphatic carbocycles. The molecule has 0 saturated carbocycles. The maximum Gasteiger partial charge on any atom is 0.289 e. The lowest BCUT2D eigenvalue weighted by atomic mass is 10.1. The molecule has 6 nitrogen and oxygen atoms in total. The minimum absolute atomic E-state index is 0.0345. The Balaban J connectivity index is 1.63. The summed E-state index contributed by atoms with van der Waals surface area (Å²) < 4.78 is 5.73. The second-order valence-corrected chi connectivity index (χ2v) is 7.57. The topological polar surface area (TPSA) is 81.5 Å². The SMILES string of the molecule is O=C(/C=C/Nc1ccc(Cl)c([N+](=O)[O-])c1)c1cccc(OCc2ccc(Cl)cc2Cl)c1. The van der Waals surface area contributed by atoms with Crippen LogP contribution in [0.2, 0.25) is 15.1 Å². The van der Waals surface area contributed by atoms with Crippen LogP contribution >= 0.6 is 34.8 Å². The molecule has 0 aromatic heterocycles. The fourth-order valence-electron chi connectivity index (χ4n) is 2.59. The van der Waals surface area contributed by atoms with Crippen molar-refractivity contribution in [2.24, 2.45) is 0 Å². The zero-order chi connectivity index (χ0) is 22.4. The Morgan fingerprint density at radius 3 is 2.58 bits per heavy atom. The molecule has 3 aromatic rings. The number of benzene rings is 3. The summed E-state index contributed by atoms with van der Waals surface area (Å²) in [5, 5.41) is 14.8. The van der Waals surface area contributed by atoms with Crippen molar-refractivity contribution in [2.45, 2.75) is 6.61 Å². The number of carbonyl (C=O) groups excluding carboxylic acids is 1. The van der Waals surface area contributed by atoms with Gasteiger partial charge in [0.1, 0.15) is 17.4 Å². The monoisotopic (exact) mass is 476 g/mol. The normalized spacial score (nSPS) is 10.8. The largest absolute Gasteiger partial charge is 0.489 e. The van der Waals surface area contributed by atoms with E-state index in [2.05, 4.69) is 5.32 Å². The number of ether oxygens (including phenoxy) is 1. The molecular formula is C22H15Cl3N2O4. The molecule has 0 aliphatic rings. The maximum atomic E-state index is 12.4. The lowest BCUT2D eigenvalue weighted by molar-refractivity contribution is -0.384. The summed E-state index contributed by atoms with van der Waals surface area (Å²) in [6, 6.07) is 16.1. The fraction of sp³-hybridized carbons (Fsp3) is 0.0455. The molecular weight excluding hydrogens is 463 g/mol. The van der Waals surface area contributed by atoms with Crippen molar-refractivity contribution in [1.29, 1.82) is 0 Å². The van der Waals surface area contributed by atoms with E-state index in [-0.39, 0.29) is 23.1 Å². The van der Waals surface area contributed by atoms with E-state index in [0.717, 1.165) is 5.56 Å². The number of ketones is 1. The van der Waals surface area contributed by atoms with Crippen LogP contribution in [0.4, 0.5) is 11.4 Å². The minimum atomic E-state index is -0.578. The van der Waals surface area contributed by atoms with E-state index >= 15 is 0 Å². The zero-order valence-electron chi connectivity index (χ0n) is 15.8. The van der Waals surface area contributed by atoms with Crippen molar-refractivity contribution >= 4 is 52.0 Å². The van der Waals surface area contributed by atoms with Gasteiger partial charge in [-0.1, -0.05) is 53.0 Å². The third kappa shape index (κ3) is 6.21. The number of halogens is 3. The van der Waals surface area contributed by atoms with Crippen LogP contribution in [-0.2, 0) is 6.61 Å². The van der Waals surface area contributed by atoms with Gasteiger partial charge in [-0.05, 0) is 36.4 Å². The molecule has 0 heterocycles. The average molecular weight is 478 g/mol. The van der Waals surface area contributed by atoms with Crippen molar-refractivity contribution in [2.75, 3.05) is 5.32 Å². The van der Waals surface area contributed by atoms with E-state index in [1.54, 1.807) is 48.5 Å². The average Bonchev–Trinajstić information content (AvgIpc) is 2.74. The standard InChI is InChI=1S/C22H15Cl3N2O4/c23-16-5-4-15(20(25)11-16)13-31-18-3-1-2-14(10-18)22(28)8-9-26-17-6-7-19(24)21(12-17)27(29)30/h1-12,26H,13H2/b9-8+. The van der Waals surface area contributed by atoms with Crippen LogP contribution < -0.4 is 10.1 Å². The van der Waals surface area contributed by atoms with Gasteiger partial charge in [0.15, 0.2) is 5.78 Å².